The summed E-state index contributed by atoms with van der Waals surface area (Å²) < 4.78 is 14.6. The largest absolute Gasteiger partial charge is 0.324 e. The molecule has 7 heteroatoms. The number of aromatic nitrogens is 3. The number of amides is 1. The van der Waals surface area contributed by atoms with Gasteiger partial charge in [0.25, 0.3) is 5.56 Å². The van der Waals surface area contributed by atoms with Crippen LogP contribution in [0.1, 0.15) is 97.3 Å². The van der Waals surface area contributed by atoms with E-state index in [1.165, 1.54) is 16.8 Å². The second-order valence-corrected chi connectivity index (χ2v) is 12.2. The molecule has 0 radical (unpaired) electrons. The highest BCUT2D eigenvalue weighted by molar-refractivity contribution is 5.90. The van der Waals surface area contributed by atoms with E-state index in [9.17, 15) is 14.0 Å². The van der Waals surface area contributed by atoms with Crippen molar-refractivity contribution >= 4 is 11.6 Å². The maximum absolute atomic E-state index is 14.6. The fourth-order valence-corrected chi connectivity index (χ4v) is 8.69. The zero-order chi connectivity index (χ0) is 26.0. The third-order valence-electron chi connectivity index (χ3n) is 10.3. The molecule has 198 valence electrons. The van der Waals surface area contributed by atoms with Crippen LogP contribution in [0.4, 0.5) is 10.1 Å². The number of benzene rings is 1. The van der Waals surface area contributed by atoms with Gasteiger partial charge in [-0.2, -0.15) is 5.10 Å². The number of aryl methyl sites for hydroxylation is 2. The van der Waals surface area contributed by atoms with Crippen molar-refractivity contribution in [1.29, 1.82) is 0 Å². The van der Waals surface area contributed by atoms with Gasteiger partial charge < -0.3 is 10.3 Å². The summed E-state index contributed by atoms with van der Waals surface area (Å²) in [6, 6.07) is 7.45. The average Bonchev–Trinajstić information content (AvgIpc) is 3.49. The highest BCUT2D eigenvalue weighted by Crippen LogP contribution is 2.64. The van der Waals surface area contributed by atoms with Crippen LogP contribution in [-0.2, 0) is 29.5 Å². The summed E-state index contributed by atoms with van der Waals surface area (Å²) in [6.07, 6.45) is 10.9. The second-order valence-electron chi connectivity index (χ2n) is 12.2. The number of halogens is 1. The van der Waals surface area contributed by atoms with E-state index < -0.39 is 0 Å². The molecule has 1 aromatic carbocycles. The zero-order valence-electron chi connectivity index (χ0n) is 21.9. The van der Waals surface area contributed by atoms with Gasteiger partial charge in [0.2, 0.25) is 5.91 Å². The van der Waals surface area contributed by atoms with Crippen LogP contribution >= 0.6 is 0 Å². The minimum absolute atomic E-state index is 0.0192. The molecule has 1 amide bonds. The molecule has 1 fully saturated rings. The maximum atomic E-state index is 14.6. The van der Waals surface area contributed by atoms with Gasteiger partial charge in [0, 0.05) is 23.2 Å². The third-order valence-corrected chi connectivity index (χ3v) is 10.3. The summed E-state index contributed by atoms with van der Waals surface area (Å²) in [6.45, 7) is 2.36. The van der Waals surface area contributed by atoms with Crippen LogP contribution in [-0.4, -0.2) is 21.1 Å². The lowest BCUT2D eigenvalue weighted by Gasteiger charge is -2.50. The first kappa shape index (κ1) is 23.9. The van der Waals surface area contributed by atoms with Crippen LogP contribution in [0.15, 0.2) is 35.3 Å². The molecule has 1 saturated carbocycles. The Bertz CT molecular complexity index is 1470. The Labute approximate surface area is 221 Å². The number of hydrogen-bond donors (Lipinski definition) is 3. The van der Waals surface area contributed by atoms with E-state index in [0.29, 0.717) is 36.3 Å². The van der Waals surface area contributed by atoms with E-state index in [4.69, 9.17) is 0 Å². The summed E-state index contributed by atoms with van der Waals surface area (Å²) in [5.41, 5.74) is 6.84. The van der Waals surface area contributed by atoms with Crippen LogP contribution in [0.25, 0.3) is 0 Å². The summed E-state index contributed by atoms with van der Waals surface area (Å²) in [5, 5.41) is 10.6. The van der Waals surface area contributed by atoms with Crippen molar-refractivity contribution in [2.45, 2.75) is 88.4 Å². The molecule has 0 bridgehead atoms. The highest BCUT2D eigenvalue weighted by Gasteiger charge is 2.57. The molecule has 3 N–H and O–H groups in total. The lowest BCUT2D eigenvalue weighted by molar-refractivity contribution is -0.116. The lowest BCUT2D eigenvalue weighted by Crippen LogP contribution is -2.44. The van der Waals surface area contributed by atoms with Gasteiger partial charge >= 0.3 is 0 Å². The first-order chi connectivity index (χ1) is 18.4. The van der Waals surface area contributed by atoms with Gasteiger partial charge in [0.15, 0.2) is 0 Å². The number of carbonyl (C=O) groups is 1. The molecule has 4 aliphatic rings. The van der Waals surface area contributed by atoms with Crippen LogP contribution in [0.5, 0.6) is 0 Å². The fourth-order valence-electron chi connectivity index (χ4n) is 8.69. The summed E-state index contributed by atoms with van der Waals surface area (Å²) in [5.74, 6) is 1.20. The Morgan fingerprint density at radius 3 is 2.95 bits per heavy atom. The molecule has 38 heavy (non-hydrogen) atoms. The second kappa shape index (κ2) is 8.92. The summed E-state index contributed by atoms with van der Waals surface area (Å²) >= 11 is 0. The van der Waals surface area contributed by atoms with Crippen molar-refractivity contribution in [2.24, 2.45) is 11.8 Å². The normalized spacial score (nSPS) is 29.0. The standard InChI is InChI=1S/C31H35FN4O2/c1-31-14-13-19-18-6-4-7-24(32)20(18)9-10-21(19)28(31)22(23-16-33-36-29(23)31)11-12-27(37)34-26-15-17-5-2-3-8-25(17)35-30(26)38/h4,6-7,15-16,19,21-22,28H,2-3,5,8-14H2,1H3,(H,33,36)(H,34,37)(H,35,38)/t19?,21?,22-,28?,31+/m1/s1. The Balaban J connectivity index is 1.14. The Hall–Kier alpha value is -3.22. The number of carbonyl (C=O) groups excluding carboxylic acids is 1. The number of nitrogens with zero attached hydrogens (tertiary/aromatic N) is 1. The predicted molar refractivity (Wildman–Crippen MR) is 144 cm³/mol. The molecule has 2 aromatic heterocycles. The zero-order valence-corrected chi connectivity index (χ0v) is 21.9. The van der Waals surface area contributed by atoms with Crippen molar-refractivity contribution in [3.63, 3.8) is 0 Å². The van der Waals surface area contributed by atoms with Crippen LogP contribution < -0.4 is 10.9 Å². The van der Waals surface area contributed by atoms with Crippen molar-refractivity contribution in [3.05, 3.63) is 80.3 Å². The predicted octanol–water partition coefficient (Wildman–Crippen LogP) is 5.65. The van der Waals surface area contributed by atoms with E-state index in [1.807, 2.05) is 18.3 Å². The van der Waals surface area contributed by atoms with Gasteiger partial charge in [-0.15, -0.1) is 0 Å². The highest BCUT2D eigenvalue weighted by atomic mass is 19.1. The molecule has 4 aliphatic carbocycles. The monoisotopic (exact) mass is 514 g/mol. The molecule has 6 nitrogen and oxygen atoms in total. The molecule has 0 saturated heterocycles. The molecule has 0 spiro atoms. The fraction of sp³-hybridized carbons (Fsp3) is 0.516. The number of nitrogens with one attached hydrogen (secondary N) is 3. The minimum Gasteiger partial charge on any atom is -0.324 e. The van der Waals surface area contributed by atoms with E-state index >= 15 is 0 Å². The molecular weight excluding hydrogens is 479 g/mol. The quantitative estimate of drug-likeness (QED) is 0.421. The summed E-state index contributed by atoms with van der Waals surface area (Å²) in [4.78, 5) is 28.7. The molecule has 5 atom stereocenters. The lowest BCUT2D eigenvalue weighted by atomic mass is 9.53. The third kappa shape index (κ3) is 3.61. The maximum Gasteiger partial charge on any atom is 0.271 e. The van der Waals surface area contributed by atoms with Crippen molar-refractivity contribution < 1.29 is 9.18 Å². The van der Waals surface area contributed by atoms with Gasteiger partial charge in [-0.3, -0.25) is 14.7 Å². The van der Waals surface area contributed by atoms with Gasteiger partial charge in [-0.05, 0) is 116 Å². The molecule has 7 rings (SSSR count). The van der Waals surface area contributed by atoms with E-state index in [-0.39, 0.29) is 28.6 Å². The van der Waals surface area contributed by atoms with Crippen molar-refractivity contribution in [1.82, 2.24) is 15.2 Å². The number of fused-ring (bicyclic) bond motifs is 8. The van der Waals surface area contributed by atoms with Crippen molar-refractivity contribution in [3.8, 4) is 0 Å². The van der Waals surface area contributed by atoms with Crippen LogP contribution in [0.3, 0.4) is 0 Å². The van der Waals surface area contributed by atoms with Gasteiger partial charge in [0.1, 0.15) is 11.5 Å². The average molecular weight is 515 g/mol. The van der Waals surface area contributed by atoms with Crippen LogP contribution in [0, 0.1) is 17.7 Å². The molecule has 2 heterocycles. The van der Waals surface area contributed by atoms with Gasteiger partial charge in [-0.25, -0.2) is 4.39 Å². The Morgan fingerprint density at radius 2 is 2.05 bits per heavy atom. The Morgan fingerprint density at radius 1 is 1.18 bits per heavy atom. The van der Waals surface area contributed by atoms with Gasteiger partial charge in [-0.1, -0.05) is 19.1 Å². The molecule has 3 unspecified atom stereocenters. The van der Waals surface area contributed by atoms with E-state index in [2.05, 4.69) is 33.5 Å². The van der Waals surface area contributed by atoms with Gasteiger partial charge in [0.05, 0.1) is 6.20 Å². The number of aromatic amines is 2. The van der Waals surface area contributed by atoms with Crippen LogP contribution in [0.2, 0.25) is 0 Å². The SMILES string of the molecule is C[C@]12CCC3c4cccc(F)c4CCC3C1[C@H](CCC(=O)Nc1cc3c([nH]c1=O)CCCC3)c1cn[nH]c12. The number of rotatable bonds is 4. The number of pyridine rings is 1. The molecule has 0 aliphatic heterocycles. The first-order valence-electron chi connectivity index (χ1n) is 14.3. The molecule has 3 aromatic rings. The number of anilines is 1. The van der Waals surface area contributed by atoms with Crippen molar-refractivity contribution in [2.75, 3.05) is 5.32 Å². The Kier molecular flexibility index (Phi) is 5.60. The topological polar surface area (TPSA) is 90.6 Å². The number of hydrogen-bond acceptors (Lipinski definition) is 3. The van der Waals surface area contributed by atoms with E-state index in [1.54, 1.807) is 6.07 Å². The number of H-pyrrole nitrogens is 2. The van der Waals surface area contributed by atoms with E-state index in [0.717, 1.165) is 68.2 Å². The summed E-state index contributed by atoms with van der Waals surface area (Å²) in [7, 11) is 0. The molecular formula is C31H35FN4O2. The smallest absolute Gasteiger partial charge is 0.271 e. The minimum atomic E-state index is -0.215. The first-order valence-corrected chi connectivity index (χ1v) is 14.3.